The summed E-state index contributed by atoms with van der Waals surface area (Å²) in [5.74, 6) is 0.721. The SMILES string of the molecule is c1ccc2c3c([nH]c2c1)C1(CCN(CC2CCCOC2)CC1)OCC3. The largest absolute Gasteiger partial charge is 0.381 e. The average Bonchev–Trinajstić information content (AvgIpc) is 3.05. The molecule has 0 aliphatic carbocycles. The monoisotopic (exact) mass is 340 g/mol. The van der Waals surface area contributed by atoms with E-state index in [1.165, 1.54) is 41.5 Å². The maximum atomic E-state index is 6.42. The van der Waals surface area contributed by atoms with E-state index in [2.05, 4.69) is 34.1 Å². The fraction of sp³-hybridized carbons (Fsp3) is 0.619. The molecular formula is C21H28N2O2. The molecule has 2 saturated heterocycles. The maximum absolute atomic E-state index is 6.42. The van der Waals surface area contributed by atoms with Crippen LogP contribution in [0.1, 0.15) is 36.9 Å². The predicted octanol–water partition coefficient (Wildman–Crippen LogP) is 3.46. The lowest BCUT2D eigenvalue weighted by Crippen LogP contribution is -2.48. The van der Waals surface area contributed by atoms with Gasteiger partial charge in [0.1, 0.15) is 5.60 Å². The van der Waals surface area contributed by atoms with Gasteiger partial charge in [-0.25, -0.2) is 0 Å². The number of benzene rings is 1. The minimum atomic E-state index is -0.0911. The van der Waals surface area contributed by atoms with Gasteiger partial charge in [-0.1, -0.05) is 18.2 Å². The second-order valence-corrected chi connectivity index (χ2v) is 8.00. The molecule has 5 rings (SSSR count). The van der Waals surface area contributed by atoms with Gasteiger partial charge in [-0.3, -0.25) is 0 Å². The van der Waals surface area contributed by atoms with Crippen LogP contribution in [0.15, 0.2) is 24.3 Å². The summed E-state index contributed by atoms with van der Waals surface area (Å²) in [5, 5.41) is 1.39. The summed E-state index contributed by atoms with van der Waals surface area (Å²) in [7, 11) is 0. The van der Waals surface area contributed by atoms with Gasteiger partial charge in [0.25, 0.3) is 0 Å². The number of ether oxygens (including phenoxy) is 2. The molecule has 4 heterocycles. The molecule has 4 nitrogen and oxygen atoms in total. The number of fused-ring (bicyclic) bond motifs is 4. The van der Waals surface area contributed by atoms with E-state index in [0.717, 1.165) is 58.1 Å². The van der Waals surface area contributed by atoms with Gasteiger partial charge in [-0.15, -0.1) is 0 Å². The summed E-state index contributed by atoms with van der Waals surface area (Å²) in [6, 6.07) is 8.71. The lowest BCUT2D eigenvalue weighted by molar-refractivity contribution is -0.103. The van der Waals surface area contributed by atoms with E-state index in [0.29, 0.717) is 0 Å². The van der Waals surface area contributed by atoms with Gasteiger partial charge in [0.2, 0.25) is 0 Å². The summed E-state index contributed by atoms with van der Waals surface area (Å²) in [6.45, 7) is 6.21. The predicted molar refractivity (Wildman–Crippen MR) is 98.8 cm³/mol. The Bertz CT molecular complexity index is 739. The van der Waals surface area contributed by atoms with Crippen molar-refractivity contribution >= 4 is 10.9 Å². The number of para-hydroxylation sites is 1. The first-order chi connectivity index (χ1) is 12.3. The van der Waals surface area contributed by atoms with Crippen LogP contribution in [0.2, 0.25) is 0 Å². The van der Waals surface area contributed by atoms with Crippen LogP contribution in [0.3, 0.4) is 0 Å². The fourth-order valence-corrected chi connectivity index (χ4v) is 5.08. The minimum absolute atomic E-state index is 0.0911. The molecule has 1 spiro atoms. The Hall–Kier alpha value is -1.36. The number of nitrogens with zero attached hydrogens (tertiary/aromatic N) is 1. The topological polar surface area (TPSA) is 37.5 Å². The molecule has 1 aromatic carbocycles. The number of nitrogens with one attached hydrogen (secondary N) is 1. The highest BCUT2D eigenvalue weighted by atomic mass is 16.5. The quantitative estimate of drug-likeness (QED) is 0.910. The highest BCUT2D eigenvalue weighted by molar-refractivity contribution is 5.85. The number of hydrogen-bond acceptors (Lipinski definition) is 3. The molecule has 0 bridgehead atoms. The van der Waals surface area contributed by atoms with Gasteiger partial charge >= 0.3 is 0 Å². The number of likely N-dealkylation sites (tertiary alicyclic amines) is 1. The van der Waals surface area contributed by atoms with E-state index in [-0.39, 0.29) is 5.60 Å². The summed E-state index contributed by atoms with van der Waals surface area (Å²) in [6.07, 6.45) is 5.78. The summed E-state index contributed by atoms with van der Waals surface area (Å²) in [4.78, 5) is 6.34. The molecule has 1 unspecified atom stereocenters. The Kier molecular flexibility index (Phi) is 4.07. The van der Waals surface area contributed by atoms with Crippen LogP contribution >= 0.6 is 0 Å². The first kappa shape index (κ1) is 15.9. The van der Waals surface area contributed by atoms with Crippen LogP contribution in [0.25, 0.3) is 10.9 Å². The van der Waals surface area contributed by atoms with E-state index in [4.69, 9.17) is 9.47 Å². The van der Waals surface area contributed by atoms with Crippen molar-refractivity contribution in [3.8, 4) is 0 Å². The molecule has 2 aromatic rings. The Morgan fingerprint density at radius 2 is 2.04 bits per heavy atom. The number of piperidine rings is 1. The molecule has 1 aromatic heterocycles. The van der Waals surface area contributed by atoms with Gasteiger partial charge in [0.05, 0.1) is 18.9 Å². The smallest absolute Gasteiger partial charge is 0.110 e. The first-order valence-corrected chi connectivity index (χ1v) is 9.88. The van der Waals surface area contributed by atoms with Crippen molar-refractivity contribution in [3.63, 3.8) is 0 Å². The Morgan fingerprint density at radius 3 is 2.88 bits per heavy atom. The highest BCUT2D eigenvalue weighted by Crippen LogP contribution is 2.43. The van der Waals surface area contributed by atoms with Crippen molar-refractivity contribution < 1.29 is 9.47 Å². The van der Waals surface area contributed by atoms with E-state index in [1.54, 1.807) is 0 Å². The lowest BCUT2D eigenvalue weighted by Gasteiger charge is -2.44. The fourth-order valence-electron chi connectivity index (χ4n) is 5.08. The van der Waals surface area contributed by atoms with Crippen molar-refractivity contribution in [2.75, 3.05) is 39.5 Å². The van der Waals surface area contributed by atoms with Gasteiger partial charge in [0, 0.05) is 37.1 Å². The normalized spacial score (nSPS) is 26.8. The van der Waals surface area contributed by atoms with Gasteiger partial charge in [-0.05, 0) is 49.7 Å². The van der Waals surface area contributed by atoms with E-state index in [9.17, 15) is 0 Å². The molecule has 1 atom stereocenters. The third kappa shape index (κ3) is 2.80. The number of hydrogen-bond donors (Lipinski definition) is 1. The standard InChI is InChI=1S/C21H28N2O2/c1-2-6-19-17(5-1)18-7-13-25-21(20(18)22-19)8-10-23(11-9-21)14-16-4-3-12-24-15-16/h1-2,5-6,16,22H,3-4,7-15H2. The van der Waals surface area contributed by atoms with E-state index < -0.39 is 0 Å². The molecule has 134 valence electrons. The molecular weight excluding hydrogens is 312 g/mol. The molecule has 0 radical (unpaired) electrons. The molecule has 2 fully saturated rings. The lowest BCUT2D eigenvalue weighted by atomic mass is 9.83. The number of H-pyrrole nitrogens is 1. The zero-order chi connectivity index (χ0) is 16.7. The molecule has 0 saturated carbocycles. The summed E-state index contributed by atoms with van der Waals surface area (Å²) >= 11 is 0. The third-order valence-electron chi connectivity index (χ3n) is 6.43. The van der Waals surface area contributed by atoms with Crippen LogP contribution < -0.4 is 0 Å². The second kappa shape index (κ2) is 6.42. The zero-order valence-corrected chi connectivity index (χ0v) is 14.9. The van der Waals surface area contributed by atoms with E-state index >= 15 is 0 Å². The van der Waals surface area contributed by atoms with Gasteiger partial charge in [-0.2, -0.15) is 0 Å². The zero-order valence-electron chi connectivity index (χ0n) is 14.9. The van der Waals surface area contributed by atoms with Gasteiger partial charge < -0.3 is 19.4 Å². The van der Waals surface area contributed by atoms with Crippen molar-refractivity contribution in [1.29, 1.82) is 0 Å². The van der Waals surface area contributed by atoms with Crippen molar-refractivity contribution in [3.05, 3.63) is 35.5 Å². The van der Waals surface area contributed by atoms with Crippen molar-refractivity contribution in [2.24, 2.45) is 5.92 Å². The van der Waals surface area contributed by atoms with Gasteiger partial charge in [0.15, 0.2) is 0 Å². The van der Waals surface area contributed by atoms with Crippen LogP contribution in [0.4, 0.5) is 0 Å². The van der Waals surface area contributed by atoms with Crippen LogP contribution in [0, 0.1) is 5.92 Å². The summed E-state index contributed by atoms with van der Waals surface area (Å²) in [5.41, 5.74) is 4.03. The number of aromatic nitrogens is 1. The molecule has 3 aliphatic rings. The Balaban J connectivity index is 1.34. The summed E-state index contributed by atoms with van der Waals surface area (Å²) < 4.78 is 12.1. The maximum Gasteiger partial charge on any atom is 0.110 e. The number of aromatic amines is 1. The van der Waals surface area contributed by atoms with Crippen molar-refractivity contribution in [1.82, 2.24) is 9.88 Å². The van der Waals surface area contributed by atoms with Crippen LogP contribution in [0.5, 0.6) is 0 Å². The first-order valence-electron chi connectivity index (χ1n) is 9.88. The Morgan fingerprint density at radius 1 is 1.16 bits per heavy atom. The van der Waals surface area contributed by atoms with Crippen LogP contribution in [-0.4, -0.2) is 49.3 Å². The molecule has 25 heavy (non-hydrogen) atoms. The molecule has 1 N–H and O–H groups in total. The molecule has 4 heteroatoms. The average molecular weight is 340 g/mol. The Labute approximate surface area is 149 Å². The third-order valence-corrected chi connectivity index (χ3v) is 6.43. The highest BCUT2D eigenvalue weighted by Gasteiger charge is 2.42. The molecule has 0 amide bonds. The van der Waals surface area contributed by atoms with E-state index in [1.807, 2.05) is 0 Å². The molecule has 3 aliphatic heterocycles. The minimum Gasteiger partial charge on any atom is -0.381 e. The van der Waals surface area contributed by atoms with Crippen molar-refractivity contribution in [2.45, 2.75) is 37.7 Å². The number of rotatable bonds is 2. The second-order valence-electron chi connectivity index (χ2n) is 8.00. The van der Waals surface area contributed by atoms with Crippen LogP contribution in [-0.2, 0) is 21.5 Å².